The van der Waals surface area contributed by atoms with E-state index in [9.17, 15) is 0 Å². The maximum Gasteiger partial charge on any atom is 0.161 e. The van der Waals surface area contributed by atoms with Crippen LogP contribution in [-0.2, 0) is 0 Å². The number of ether oxygens (including phenoxy) is 1. The summed E-state index contributed by atoms with van der Waals surface area (Å²) in [6.45, 7) is 11.0. The van der Waals surface area contributed by atoms with Crippen LogP contribution in [0.3, 0.4) is 0 Å². The highest BCUT2D eigenvalue weighted by Gasteiger charge is 2.09. The zero-order chi connectivity index (χ0) is 15.4. The molecule has 1 N–H and O–H groups in total. The number of anilines is 1. The first-order valence-corrected chi connectivity index (χ1v) is 7.37. The average Bonchev–Trinajstić information content (AvgIpc) is 2.44. The first-order chi connectivity index (χ1) is 10.0. The number of aryl methyl sites for hydroxylation is 1. The second kappa shape index (κ2) is 6.57. The fourth-order valence-corrected chi connectivity index (χ4v) is 2.05. The number of nitrogens with zero attached hydrogens (tertiary/aromatic N) is 2. The molecule has 4 heteroatoms. The Morgan fingerprint density at radius 2 is 1.76 bits per heavy atom. The predicted octanol–water partition coefficient (Wildman–Crippen LogP) is 3.98. The van der Waals surface area contributed by atoms with Gasteiger partial charge in [0.1, 0.15) is 11.6 Å². The maximum absolute atomic E-state index is 5.66. The number of aromatic nitrogens is 2. The van der Waals surface area contributed by atoms with Crippen molar-refractivity contribution in [2.24, 2.45) is 0 Å². The van der Waals surface area contributed by atoms with Crippen molar-refractivity contribution in [2.75, 3.05) is 11.9 Å². The summed E-state index contributed by atoms with van der Waals surface area (Å²) in [5.74, 6) is 2.51. The fourth-order valence-electron chi connectivity index (χ4n) is 2.05. The molecule has 21 heavy (non-hydrogen) atoms. The molecule has 1 heterocycles. The Bertz CT molecular complexity index is 606. The summed E-state index contributed by atoms with van der Waals surface area (Å²) >= 11 is 0. The van der Waals surface area contributed by atoms with Gasteiger partial charge in [0.2, 0.25) is 0 Å². The van der Waals surface area contributed by atoms with Crippen molar-refractivity contribution in [3.8, 4) is 17.1 Å². The Hall–Kier alpha value is -2.10. The van der Waals surface area contributed by atoms with Crippen LogP contribution in [-0.4, -0.2) is 22.6 Å². The highest BCUT2D eigenvalue weighted by Crippen LogP contribution is 2.24. The van der Waals surface area contributed by atoms with E-state index >= 15 is 0 Å². The van der Waals surface area contributed by atoms with Gasteiger partial charge in [0.25, 0.3) is 0 Å². The van der Waals surface area contributed by atoms with Crippen LogP contribution in [0, 0.1) is 13.8 Å². The van der Waals surface area contributed by atoms with E-state index in [2.05, 4.69) is 22.2 Å². The van der Waals surface area contributed by atoms with Crippen LogP contribution in [0.2, 0.25) is 0 Å². The fraction of sp³-hybridized carbons (Fsp3) is 0.412. The summed E-state index contributed by atoms with van der Waals surface area (Å²) in [5.41, 5.74) is 3.09. The van der Waals surface area contributed by atoms with Gasteiger partial charge in [-0.15, -0.1) is 0 Å². The highest BCUT2D eigenvalue weighted by atomic mass is 16.5. The monoisotopic (exact) mass is 285 g/mol. The number of nitrogens with one attached hydrogen (secondary N) is 1. The van der Waals surface area contributed by atoms with Crippen LogP contribution in [0.25, 0.3) is 11.4 Å². The van der Waals surface area contributed by atoms with E-state index in [0.717, 1.165) is 40.8 Å². The summed E-state index contributed by atoms with van der Waals surface area (Å²) in [5, 5.41) is 3.29. The molecule has 0 spiro atoms. The van der Waals surface area contributed by atoms with Gasteiger partial charge in [-0.25, -0.2) is 9.97 Å². The molecule has 0 fully saturated rings. The van der Waals surface area contributed by atoms with Crippen molar-refractivity contribution >= 4 is 5.82 Å². The number of benzene rings is 1. The van der Waals surface area contributed by atoms with Crippen LogP contribution in [0.15, 0.2) is 24.3 Å². The van der Waals surface area contributed by atoms with Gasteiger partial charge in [-0.3, -0.25) is 0 Å². The third-order valence-corrected chi connectivity index (χ3v) is 3.22. The lowest BCUT2D eigenvalue weighted by Crippen LogP contribution is -2.06. The zero-order valence-corrected chi connectivity index (χ0v) is 13.4. The molecule has 0 bridgehead atoms. The Labute approximate surface area is 126 Å². The van der Waals surface area contributed by atoms with E-state index in [1.807, 2.05) is 52.0 Å². The van der Waals surface area contributed by atoms with E-state index in [1.165, 1.54) is 0 Å². The van der Waals surface area contributed by atoms with Gasteiger partial charge in [-0.05, 0) is 58.9 Å². The van der Waals surface area contributed by atoms with E-state index in [1.54, 1.807) is 0 Å². The summed E-state index contributed by atoms with van der Waals surface area (Å²) in [4.78, 5) is 9.21. The summed E-state index contributed by atoms with van der Waals surface area (Å²) in [6.07, 6.45) is 0.175. The van der Waals surface area contributed by atoms with Crippen LogP contribution in [0.1, 0.15) is 32.0 Å². The minimum atomic E-state index is 0.175. The molecule has 0 unspecified atom stereocenters. The summed E-state index contributed by atoms with van der Waals surface area (Å²) in [7, 11) is 0. The van der Waals surface area contributed by atoms with Crippen LogP contribution in [0.4, 0.5) is 5.82 Å². The number of hydrogen-bond donors (Lipinski definition) is 1. The van der Waals surface area contributed by atoms with Crippen molar-refractivity contribution in [1.29, 1.82) is 0 Å². The minimum absolute atomic E-state index is 0.175. The summed E-state index contributed by atoms with van der Waals surface area (Å²) < 4.78 is 5.66. The molecule has 0 radical (unpaired) electrons. The topological polar surface area (TPSA) is 47.0 Å². The molecular weight excluding hydrogens is 262 g/mol. The zero-order valence-electron chi connectivity index (χ0n) is 13.4. The Kier molecular flexibility index (Phi) is 4.78. The maximum atomic E-state index is 5.66. The molecule has 0 atom stereocenters. The molecule has 112 valence electrons. The van der Waals surface area contributed by atoms with Crippen LogP contribution >= 0.6 is 0 Å². The molecule has 0 aliphatic heterocycles. The highest BCUT2D eigenvalue weighted by molar-refractivity contribution is 5.60. The van der Waals surface area contributed by atoms with E-state index in [0.29, 0.717) is 0 Å². The molecule has 4 nitrogen and oxygen atoms in total. The van der Waals surface area contributed by atoms with E-state index in [-0.39, 0.29) is 6.10 Å². The smallest absolute Gasteiger partial charge is 0.161 e. The first kappa shape index (κ1) is 15.3. The lowest BCUT2D eigenvalue weighted by molar-refractivity contribution is 0.242. The van der Waals surface area contributed by atoms with Gasteiger partial charge < -0.3 is 10.1 Å². The standard InChI is InChI=1S/C17H23N3O/c1-6-18-16-12(4)13(5)19-17(20-16)14-7-9-15(10-8-14)21-11(2)3/h7-11H,6H2,1-5H3,(H,18,19,20). The van der Waals surface area contributed by atoms with Gasteiger partial charge in [-0.1, -0.05) is 0 Å². The first-order valence-electron chi connectivity index (χ1n) is 7.37. The third kappa shape index (κ3) is 3.72. The minimum Gasteiger partial charge on any atom is -0.491 e. The lowest BCUT2D eigenvalue weighted by Gasteiger charge is -2.12. The van der Waals surface area contributed by atoms with Crippen molar-refractivity contribution in [2.45, 2.75) is 40.7 Å². The van der Waals surface area contributed by atoms with Crippen LogP contribution < -0.4 is 10.1 Å². The lowest BCUT2D eigenvalue weighted by atomic mass is 10.1. The van der Waals surface area contributed by atoms with E-state index in [4.69, 9.17) is 4.74 Å². The van der Waals surface area contributed by atoms with Crippen LogP contribution in [0.5, 0.6) is 5.75 Å². The van der Waals surface area contributed by atoms with Gasteiger partial charge in [0.05, 0.1) is 6.10 Å². The van der Waals surface area contributed by atoms with Crippen molar-refractivity contribution in [3.05, 3.63) is 35.5 Å². The number of hydrogen-bond acceptors (Lipinski definition) is 4. The molecule has 1 aromatic carbocycles. The van der Waals surface area contributed by atoms with Crippen molar-refractivity contribution in [1.82, 2.24) is 9.97 Å². The normalized spacial score (nSPS) is 10.8. The van der Waals surface area contributed by atoms with E-state index < -0.39 is 0 Å². The molecule has 1 aromatic heterocycles. The molecule has 0 aliphatic rings. The largest absolute Gasteiger partial charge is 0.491 e. The molecule has 0 amide bonds. The van der Waals surface area contributed by atoms with Gasteiger partial charge in [0, 0.05) is 23.4 Å². The predicted molar refractivity (Wildman–Crippen MR) is 86.9 cm³/mol. The molecule has 2 aromatic rings. The van der Waals surface area contributed by atoms with Gasteiger partial charge >= 0.3 is 0 Å². The third-order valence-electron chi connectivity index (χ3n) is 3.22. The molecule has 0 saturated heterocycles. The summed E-state index contributed by atoms with van der Waals surface area (Å²) in [6, 6.07) is 7.91. The quantitative estimate of drug-likeness (QED) is 0.902. The number of rotatable bonds is 5. The Balaban J connectivity index is 2.33. The molecule has 2 rings (SSSR count). The van der Waals surface area contributed by atoms with Gasteiger partial charge in [0.15, 0.2) is 5.82 Å². The average molecular weight is 285 g/mol. The Morgan fingerprint density at radius 1 is 1.10 bits per heavy atom. The molecule has 0 saturated carbocycles. The SMILES string of the molecule is CCNc1nc(-c2ccc(OC(C)C)cc2)nc(C)c1C. The molecular formula is C17H23N3O. The van der Waals surface area contributed by atoms with Crippen molar-refractivity contribution in [3.63, 3.8) is 0 Å². The molecule has 0 aliphatic carbocycles. The second-order valence-corrected chi connectivity index (χ2v) is 5.33. The van der Waals surface area contributed by atoms with Gasteiger partial charge in [-0.2, -0.15) is 0 Å². The second-order valence-electron chi connectivity index (χ2n) is 5.33. The Morgan fingerprint density at radius 3 is 2.33 bits per heavy atom. The van der Waals surface area contributed by atoms with Crippen molar-refractivity contribution < 1.29 is 4.74 Å².